The summed E-state index contributed by atoms with van der Waals surface area (Å²) in [6, 6.07) is 5.09. The Balaban J connectivity index is 2.04. The van der Waals surface area contributed by atoms with Crippen molar-refractivity contribution in [2.45, 2.75) is 25.3 Å². The molecule has 23 heavy (non-hydrogen) atoms. The van der Waals surface area contributed by atoms with E-state index in [2.05, 4.69) is 21.2 Å². The smallest absolute Gasteiger partial charge is 0.310 e. The first-order valence-electron chi connectivity index (χ1n) is 7.40. The zero-order valence-corrected chi connectivity index (χ0v) is 15.2. The number of ether oxygens (including phenoxy) is 2. The molecule has 2 atom stereocenters. The highest BCUT2D eigenvalue weighted by atomic mass is 79.9. The van der Waals surface area contributed by atoms with E-state index in [-0.39, 0.29) is 30.3 Å². The number of halogens is 2. The summed E-state index contributed by atoms with van der Waals surface area (Å²) >= 11 is 9.48. The molecule has 1 heterocycles. The monoisotopic (exact) mass is 403 g/mol. The van der Waals surface area contributed by atoms with Gasteiger partial charge in [-0.3, -0.25) is 9.59 Å². The van der Waals surface area contributed by atoms with Crippen molar-refractivity contribution in [2.75, 3.05) is 20.3 Å². The quantitative estimate of drug-likeness (QED) is 0.784. The third kappa shape index (κ3) is 5.19. The van der Waals surface area contributed by atoms with E-state index in [0.717, 1.165) is 10.0 Å². The lowest BCUT2D eigenvalue weighted by Crippen LogP contribution is -2.44. The second-order valence-electron chi connectivity index (χ2n) is 5.41. The van der Waals surface area contributed by atoms with Gasteiger partial charge in [0.25, 0.3) is 0 Å². The summed E-state index contributed by atoms with van der Waals surface area (Å²) in [5, 5.41) is 3.46. The molecular weight excluding hydrogens is 386 g/mol. The van der Waals surface area contributed by atoms with E-state index >= 15 is 0 Å². The largest absolute Gasteiger partial charge is 0.469 e. The molecule has 126 valence electrons. The third-order valence-electron chi connectivity index (χ3n) is 3.84. The van der Waals surface area contributed by atoms with Crippen LogP contribution in [-0.4, -0.2) is 38.2 Å². The summed E-state index contributed by atoms with van der Waals surface area (Å²) in [5.74, 6) is -0.878. The Kier molecular flexibility index (Phi) is 6.87. The number of carbonyl (C=O) groups is 2. The van der Waals surface area contributed by atoms with Crippen LogP contribution in [0.4, 0.5) is 0 Å². The highest BCUT2D eigenvalue weighted by Gasteiger charge is 2.32. The number of esters is 1. The van der Waals surface area contributed by atoms with Gasteiger partial charge in [0.15, 0.2) is 0 Å². The summed E-state index contributed by atoms with van der Waals surface area (Å²) in [7, 11) is 1.36. The molecule has 1 amide bonds. The molecule has 1 aromatic carbocycles. The van der Waals surface area contributed by atoms with E-state index < -0.39 is 0 Å². The fraction of sp³-hybridized carbons (Fsp3) is 0.500. The second kappa shape index (κ2) is 8.66. The van der Waals surface area contributed by atoms with Crippen molar-refractivity contribution in [2.24, 2.45) is 5.92 Å². The van der Waals surface area contributed by atoms with Gasteiger partial charge in [-0.25, -0.2) is 0 Å². The van der Waals surface area contributed by atoms with E-state index in [9.17, 15) is 9.59 Å². The molecule has 1 N–H and O–H groups in total. The van der Waals surface area contributed by atoms with Crippen LogP contribution >= 0.6 is 27.5 Å². The van der Waals surface area contributed by atoms with Crippen molar-refractivity contribution >= 4 is 39.4 Å². The summed E-state index contributed by atoms with van der Waals surface area (Å²) in [6.45, 7) is 1.000. The maximum absolute atomic E-state index is 12.3. The van der Waals surface area contributed by atoms with Crippen LogP contribution in [0.2, 0.25) is 5.02 Å². The lowest BCUT2D eigenvalue weighted by Gasteiger charge is -2.23. The van der Waals surface area contributed by atoms with E-state index in [1.54, 1.807) is 6.07 Å². The number of methoxy groups -OCH3 is 1. The van der Waals surface area contributed by atoms with Crippen molar-refractivity contribution in [3.05, 3.63) is 33.3 Å². The lowest BCUT2D eigenvalue weighted by molar-refractivity contribution is -0.147. The van der Waals surface area contributed by atoms with Crippen LogP contribution in [0.5, 0.6) is 0 Å². The summed E-state index contributed by atoms with van der Waals surface area (Å²) < 4.78 is 11.1. The number of benzene rings is 1. The number of hydrogen-bond acceptors (Lipinski definition) is 4. The Bertz CT molecular complexity index is 581. The number of amides is 1. The Morgan fingerprint density at radius 1 is 1.39 bits per heavy atom. The minimum atomic E-state index is -0.385. The summed E-state index contributed by atoms with van der Waals surface area (Å²) in [6.07, 6.45) is 1.27. The molecule has 1 saturated heterocycles. The highest BCUT2D eigenvalue weighted by molar-refractivity contribution is 9.10. The highest BCUT2D eigenvalue weighted by Crippen LogP contribution is 2.22. The van der Waals surface area contributed by atoms with Crippen molar-refractivity contribution in [1.82, 2.24) is 5.32 Å². The minimum absolute atomic E-state index is 0.156. The number of nitrogens with one attached hydrogen (secondary N) is 1. The Morgan fingerprint density at radius 3 is 2.87 bits per heavy atom. The van der Waals surface area contributed by atoms with Gasteiger partial charge in [-0.1, -0.05) is 27.5 Å². The first kappa shape index (κ1) is 18.2. The molecule has 0 bridgehead atoms. The van der Waals surface area contributed by atoms with E-state index in [1.807, 2.05) is 12.1 Å². The standard InChI is InChI=1S/C16H19BrClNO4/c1-22-16(21)12-4-6-23-7-5-14(12)19-15(20)9-10-8-11(17)2-3-13(10)18/h2-3,8,12,14H,4-7,9H2,1H3,(H,19,20). The van der Waals surface area contributed by atoms with Gasteiger partial charge < -0.3 is 14.8 Å². The number of rotatable bonds is 4. The molecule has 2 rings (SSSR count). The molecule has 0 radical (unpaired) electrons. The van der Waals surface area contributed by atoms with Crippen LogP contribution in [0, 0.1) is 5.92 Å². The van der Waals surface area contributed by atoms with Crippen molar-refractivity contribution in [3.8, 4) is 0 Å². The molecule has 0 saturated carbocycles. The maximum atomic E-state index is 12.3. The van der Waals surface area contributed by atoms with Crippen molar-refractivity contribution in [3.63, 3.8) is 0 Å². The topological polar surface area (TPSA) is 64.6 Å². The minimum Gasteiger partial charge on any atom is -0.469 e. The van der Waals surface area contributed by atoms with Gasteiger partial charge in [0, 0.05) is 28.8 Å². The van der Waals surface area contributed by atoms with Gasteiger partial charge in [-0.15, -0.1) is 0 Å². The molecule has 0 spiro atoms. The predicted octanol–water partition coefficient (Wildman–Crippen LogP) is 2.73. The van der Waals surface area contributed by atoms with Gasteiger partial charge >= 0.3 is 5.97 Å². The van der Waals surface area contributed by atoms with E-state index in [1.165, 1.54) is 7.11 Å². The van der Waals surface area contributed by atoms with E-state index in [4.69, 9.17) is 21.1 Å². The van der Waals surface area contributed by atoms with Gasteiger partial charge in [0.2, 0.25) is 5.91 Å². The number of carbonyl (C=O) groups excluding carboxylic acids is 2. The molecule has 5 nitrogen and oxygen atoms in total. The predicted molar refractivity (Wildman–Crippen MR) is 90.3 cm³/mol. The maximum Gasteiger partial charge on any atom is 0.310 e. The SMILES string of the molecule is COC(=O)C1CCOCCC1NC(=O)Cc1cc(Br)ccc1Cl. The van der Waals surface area contributed by atoms with E-state index in [0.29, 0.717) is 31.1 Å². The molecule has 1 fully saturated rings. The molecular formula is C16H19BrClNO4. The second-order valence-corrected chi connectivity index (χ2v) is 6.73. The van der Waals surface area contributed by atoms with Crippen LogP contribution in [0.25, 0.3) is 0 Å². The van der Waals surface area contributed by atoms with Gasteiger partial charge in [0.05, 0.1) is 19.4 Å². The normalized spacial score (nSPS) is 21.3. The average molecular weight is 405 g/mol. The molecule has 0 aromatic heterocycles. The zero-order chi connectivity index (χ0) is 16.8. The first-order chi connectivity index (χ1) is 11.0. The van der Waals surface area contributed by atoms with Crippen molar-refractivity contribution < 1.29 is 19.1 Å². The molecule has 1 aromatic rings. The Morgan fingerprint density at radius 2 is 2.13 bits per heavy atom. The average Bonchev–Trinajstić information content (AvgIpc) is 2.75. The van der Waals surface area contributed by atoms with Gasteiger partial charge in [-0.05, 0) is 36.6 Å². The zero-order valence-electron chi connectivity index (χ0n) is 12.8. The summed E-state index contributed by atoms with van der Waals surface area (Å²) in [5.41, 5.74) is 0.734. The Labute approximate surface area is 148 Å². The molecule has 1 aliphatic heterocycles. The molecule has 0 aliphatic carbocycles. The molecule has 1 aliphatic rings. The van der Waals surface area contributed by atoms with Crippen LogP contribution in [-0.2, 0) is 25.5 Å². The summed E-state index contributed by atoms with van der Waals surface area (Å²) in [4.78, 5) is 24.2. The van der Waals surface area contributed by atoms with Crippen LogP contribution in [0.3, 0.4) is 0 Å². The first-order valence-corrected chi connectivity index (χ1v) is 8.57. The van der Waals surface area contributed by atoms with Crippen molar-refractivity contribution in [1.29, 1.82) is 0 Å². The fourth-order valence-electron chi connectivity index (χ4n) is 2.64. The fourth-order valence-corrected chi connectivity index (χ4v) is 3.23. The lowest BCUT2D eigenvalue weighted by atomic mass is 9.94. The van der Waals surface area contributed by atoms with Crippen LogP contribution in [0.1, 0.15) is 18.4 Å². The van der Waals surface area contributed by atoms with Crippen LogP contribution < -0.4 is 5.32 Å². The molecule has 2 unspecified atom stereocenters. The molecule has 7 heteroatoms. The van der Waals surface area contributed by atoms with Crippen LogP contribution in [0.15, 0.2) is 22.7 Å². The van der Waals surface area contributed by atoms with Gasteiger partial charge in [0.1, 0.15) is 0 Å². The Hall–Kier alpha value is -1.11. The van der Waals surface area contributed by atoms with Gasteiger partial charge in [-0.2, -0.15) is 0 Å². The number of hydrogen-bond donors (Lipinski definition) is 1. The third-order valence-corrected chi connectivity index (χ3v) is 4.70.